The van der Waals surface area contributed by atoms with Crippen LogP contribution < -0.4 is 0 Å². The van der Waals surface area contributed by atoms with Crippen LogP contribution in [0.3, 0.4) is 0 Å². The van der Waals surface area contributed by atoms with E-state index in [4.69, 9.17) is 0 Å². The van der Waals surface area contributed by atoms with Gasteiger partial charge < -0.3 is 10.2 Å². The summed E-state index contributed by atoms with van der Waals surface area (Å²) in [7, 11) is 4.08. The maximum absolute atomic E-state index is 10.9. The van der Waals surface area contributed by atoms with E-state index in [0.29, 0.717) is 23.0 Å². The zero-order valence-corrected chi connectivity index (χ0v) is 26.8. The maximum Gasteiger partial charge on any atom is 0.116 e. The van der Waals surface area contributed by atoms with Crippen molar-refractivity contribution < 1.29 is 10.2 Å². The number of aliphatic hydroxyl groups is 1. The molecule has 0 saturated heterocycles. The summed E-state index contributed by atoms with van der Waals surface area (Å²) in [5, 5.41) is 21.5. The maximum atomic E-state index is 10.9. The van der Waals surface area contributed by atoms with Gasteiger partial charge in [0.1, 0.15) is 5.75 Å². The van der Waals surface area contributed by atoms with Gasteiger partial charge in [0.05, 0.1) is 6.10 Å². The van der Waals surface area contributed by atoms with Gasteiger partial charge in [-0.15, -0.1) is 0 Å². The largest absolute Gasteiger partial charge is 0.508 e. The monoisotopic (exact) mass is 590 g/mol. The van der Waals surface area contributed by atoms with Crippen LogP contribution in [0.2, 0.25) is 0 Å². The average molecular weight is 591 g/mol. The van der Waals surface area contributed by atoms with E-state index in [1.807, 2.05) is 23.8 Å². The third-order valence-electron chi connectivity index (χ3n) is 11.2. The SMILES string of the molecule is CC1CC=CC2(CCCC3C4Cc5cc(O)cc(c5)Cc5ccccc5CCC(C(C)O)CSSCC(C4)CC32)C1. The van der Waals surface area contributed by atoms with E-state index < -0.39 is 0 Å². The summed E-state index contributed by atoms with van der Waals surface area (Å²) in [6.45, 7) is 4.45. The Morgan fingerprint density at radius 2 is 1.78 bits per heavy atom. The number of hydrogen-bond donors (Lipinski definition) is 2. The highest BCUT2D eigenvalue weighted by molar-refractivity contribution is 8.76. The first-order valence-corrected chi connectivity index (χ1v) is 18.9. The number of aromatic hydroxyl groups is 1. The molecule has 2 fully saturated rings. The normalized spacial score (nSPS) is 35.2. The van der Waals surface area contributed by atoms with Crippen molar-refractivity contribution in [3.63, 3.8) is 0 Å². The van der Waals surface area contributed by atoms with Crippen LogP contribution >= 0.6 is 21.6 Å². The van der Waals surface area contributed by atoms with Crippen molar-refractivity contribution in [1.82, 2.24) is 0 Å². The third kappa shape index (κ3) is 6.91. The van der Waals surface area contributed by atoms with Crippen LogP contribution in [0, 0.1) is 40.9 Å². The Hall–Kier alpha value is -1.36. The molecule has 4 bridgehead atoms. The lowest BCUT2D eigenvalue weighted by Gasteiger charge is -2.55. The van der Waals surface area contributed by atoms with Crippen molar-refractivity contribution in [3.8, 4) is 5.75 Å². The zero-order valence-electron chi connectivity index (χ0n) is 25.1. The lowest BCUT2D eigenvalue weighted by atomic mass is 9.50. The summed E-state index contributed by atoms with van der Waals surface area (Å²) < 4.78 is 0. The Morgan fingerprint density at radius 3 is 2.61 bits per heavy atom. The predicted octanol–water partition coefficient (Wildman–Crippen LogP) is 9.27. The number of allylic oxidation sites excluding steroid dienone is 2. The highest BCUT2D eigenvalue weighted by Crippen LogP contribution is 2.59. The molecular formula is C37H50O2S2. The van der Waals surface area contributed by atoms with Gasteiger partial charge in [-0.25, -0.2) is 0 Å². The van der Waals surface area contributed by atoms with Gasteiger partial charge in [-0.05, 0) is 146 Å². The molecule has 8 atom stereocenters. The number of hydrogen-bond acceptors (Lipinski definition) is 4. The van der Waals surface area contributed by atoms with Gasteiger partial charge in [-0.3, -0.25) is 0 Å². The molecule has 0 amide bonds. The minimum Gasteiger partial charge on any atom is -0.508 e. The zero-order chi connectivity index (χ0) is 28.4. The molecule has 3 aliphatic carbocycles. The number of fused-ring (bicyclic) bond motifs is 8. The van der Waals surface area contributed by atoms with Crippen LogP contribution in [0.15, 0.2) is 54.6 Å². The lowest BCUT2D eigenvalue weighted by molar-refractivity contribution is -0.0224. The fraction of sp³-hybridized carbons (Fsp3) is 0.622. The molecule has 1 spiro atoms. The minimum absolute atomic E-state index is 0.284. The Bertz CT molecular complexity index is 1210. The number of aliphatic hydroxyl groups excluding tert-OH is 1. The van der Waals surface area contributed by atoms with Gasteiger partial charge in [0.15, 0.2) is 0 Å². The molecule has 6 rings (SSSR count). The Labute approximate surface area is 256 Å². The molecule has 2 aromatic carbocycles. The molecule has 2 N–H and O–H groups in total. The molecule has 0 radical (unpaired) electrons. The van der Waals surface area contributed by atoms with Crippen LogP contribution in [0.4, 0.5) is 0 Å². The number of benzene rings is 2. The van der Waals surface area contributed by atoms with E-state index in [-0.39, 0.29) is 6.10 Å². The fourth-order valence-corrected chi connectivity index (χ4v) is 12.2. The molecule has 1 heterocycles. The average Bonchev–Trinajstić information content (AvgIpc) is 2.93. The van der Waals surface area contributed by atoms with E-state index in [1.54, 1.807) is 0 Å². The van der Waals surface area contributed by atoms with Crippen molar-refractivity contribution in [1.29, 1.82) is 0 Å². The van der Waals surface area contributed by atoms with Crippen molar-refractivity contribution in [2.75, 3.05) is 11.5 Å². The molecule has 1 aliphatic heterocycles. The molecule has 222 valence electrons. The van der Waals surface area contributed by atoms with Gasteiger partial charge in [0, 0.05) is 11.5 Å². The van der Waals surface area contributed by atoms with E-state index in [2.05, 4.69) is 66.3 Å². The standard InChI is InChI=1S/C37H50O2S2/c1-25-7-5-13-37(22-25)14-6-10-35-33-17-28-15-27(19-34(39)20-28)16-31-9-4-3-8-30(31)11-12-32(26(2)38)24-41-40-23-29(18-33)21-36(35)37/h3-5,8-9,13,15,19-20,25-26,29,32-33,35-36,38-39H,6-7,10-12,14,16-18,21-24H2,1-2H3. The summed E-state index contributed by atoms with van der Waals surface area (Å²) in [4.78, 5) is 0. The summed E-state index contributed by atoms with van der Waals surface area (Å²) in [6.07, 6.45) is 18.3. The van der Waals surface area contributed by atoms with Crippen LogP contribution in [0.25, 0.3) is 0 Å². The smallest absolute Gasteiger partial charge is 0.116 e. The molecular weight excluding hydrogens is 541 g/mol. The highest BCUT2D eigenvalue weighted by atomic mass is 33.1. The molecule has 2 nitrogen and oxygen atoms in total. The Kier molecular flexibility index (Phi) is 9.49. The van der Waals surface area contributed by atoms with Crippen LogP contribution in [0.5, 0.6) is 5.75 Å². The molecule has 8 unspecified atom stereocenters. The summed E-state index contributed by atoms with van der Waals surface area (Å²) in [5.41, 5.74) is 5.69. The second-order valence-electron chi connectivity index (χ2n) is 14.2. The van der Waals surface area contributed by atoms with Gasteiger partial charge >= 0.3 is 0 Å². The first kappa shape index (κ1) is 29.7. The highest BCUT2D eigenvalue weighted by Gasteiger charge is 2.50. The predicted molar refractivity (Wildman–Crippen MR) is 176 cm³/mol. The third-order valence-corrected chi connectivity index (χ3v) is 13.8. The lowest BCUT2D eigenvalue weighted by Crippen LogP contribution is -2.47. The molecule has 4 heteroatoms. The van der Waals surface area contributed by atoms with Crippen molar-refractivity contribution >= 4 is 21.6 Å². The first-order valence-electron chi connectivity index (χ1n) is 16.4. The van der Waals surface area contributed by atoms with Crippen LogP contribution in [-0.2, 0) is 19.3 Å². The Morgan fingerprint density at radius 1 is 0.976 bits per heavy atom. The van der Waals surface area contributed by atoms with E-state index in [9.17, 15) is 10.2 Å². The van der Waals surface area contributed by atoms with E-state index in [0.717, 1.165) is 55.1 Å². The van der Waals surface area contributed by atoms with Gasteiger partial charge in [-0.2, -0.15) is 0 Å². The molecule has 2 aromatic rings. The number of rotatable bonds is 1. The van der Waals surface area contributed by atoms with Crippen molar-refractivity contribution in [3.05, 3.63) is 76.9 Å². The Balaban J connectivity index is 1.33. The minimum atomic E-state index is -0.284. The van der Waals surface area contributed by atoms with Crippen LogP contribution in [-0.4, -0.2) is 27.8 Å². The summed E-state index contributed by atoms with van der Waals surface area (Å²) in [5.74, 6) is 6.79. The number of aryl methyl sites for hydroxylation is 1. The molecule has 2 saturated carbocycles. The van der Waals surface area contributed by atoms with Crippen LogP contribution in [0.1, 0.15) is 87.5 Å². The molecule has 41 heavy (non-hydrogen) atoms. The van der Waals surface area contributed by atoms with Gasteiger partial charge in [0.25, 0.3) is 0 Å². The second kappa shape index (κ2) is 13.1. The summed E-state index contributed by atoms with van der Waals surface area (Å²) in [6, 6.07) is 15.2. The quantitative estimate of drug-likeness (QED) is 0.257. The van der Waals surface area contributed by atoms with Gasteiger partial charge in [-0.1, -0.05) is 77.4 Å². The first-order chi connectivity index (χ1) is 19.9. The number of phenols is 1. The van der Waals surface area contributed by atoms with Crippen molar-refractivity contribution in [2.24, 2.45) is 40.9 Å². The van der Waals surface area contributed by atoms with Gasteiger partial charge in [0.2, 0.25) is 0 Å². The molecule has 4 aliphatic rings. The fourth-order valence-electron chi connectivity index (χ4n) is 9.22. The van der Waals surface area contributed by atoms with Crippen molar-refractivity contribution in [2.45, 2.75) is 90.6 Å². The second-order valence-corrected chi connectivity index (χ2v) is 16.8. The topological polar surface area (TPSA) is 40.5 Å². The molecule has 0 aromatic heterocycles. The number of phenolic OH excluding ortho intramolecular Hbond substituents is 1. The van der Waals surface area contributed by atoms with E-state index in [1.165, 1.54) is 73.0 Å². The van der Waals surface area contributed by atoms with E-state index >= 15 is 0 Å². The summed E-state index contributed by atoms with van der Waals surface area (Å²) >= 11 is 0.